The van der Waals surface area contributed by atoms with Crippen LogP contribution in [-0.4, -0.2) is 54.1 Å². The molecular formula is C15H26N6. The van der Waals surface area contributed by atoms with Gasteiger partial charge in [0.15, 0.2) is 0 Å². The van der Waals surface area contributed by atoms with Gasteiger partial charge in [0.2, 0.25) is 5.95 Å². The van der Waals surface area contributed by atoms with Gasteiger partial charge in [-0.3, -0.25) is 0 Å². The van der Waals surface area contributed by atoms with Crippen LogP contribution < -0.4 is 16.0 Å². The Kier molecular flexibility index (Phi) is 4.43. The first-order valence-electron chi connectivity index (χ1n) is 8.05. The molecule has 1 aromatic heterocycles. The van der Waals surface area contributed by atoms with E-state index in [9.17, 15) is 0 Å². The molecule has 2 fully saturated rings. The third-order valence-electron chi connectivity index (χ3n) is 4.50. The summed E-state index contributed by atoms with van der Waals surface area (Å²) in [5, 5.41) is 3.47. The molecule has 3 N–H and O–H groups in total. The first-order chi connectivity index (χ1) is 10.2. The summed E-state index contributed by atoms with van der Waals surface area (Å²) in [4.78, 5) is 13.7. The van der Waals surface area contributed by atoms with E-state index < -0.39 is 0 Å². The molecule has 116 valence electrons. The normalized spacial score (nSPS) is 21.5. The number of rotatable bonds is 3. The summed E-state index contributed by atoms with van der Waals surface area (Å²) < 4.78 is 0. The van der Waals surface area contributed by atoms with E-state index in [0.717, 1.165) is 32.0 Å². The molecular weight excluding hydrogens is 264 g/mol. The fourth-order valence-corrected chi connectivity index (χ4v) is 3.14. The molecule has 0 bridgehead atoms. The number of nitrogen functional groups attached to an aromatic ring is 1. The van der Waals surface area contributed by atoms with Crippen LogP contribution in [0.3, 0.4) is 0 Å². The van der Waals surface area contributed by atoms with Crippen molar-refractivity contribution in [3.63, 3.8) is 0 Å². The fraction of sp³-hybridized carbons (Fsp3) is 0.733. The van der Waals surface area contributed by atoms with Gasteiger partial charge in [-0.1, -0.05) is 19.3 Å². The number of nitrogens with one attached hydrogen (secondary N) is 1. The molecule has 0 unspecified atom stereocenters. The summed E-state index contributed by atoms with van der Waals surface area (Å²) in [7, 11) is 2.15. The third kappa shape index (κ3) is 3.75. The molecule has 1 aliphatic carbocycles. The Morgan fingerprint density at radius 1 is 1.10 bits per heavy atom. The van der Waals surface area contributed by atoms with E-state index in [0.29, 0.717) is 17.8 Å². The first kappa shape index (κ1) is 14.4. The van der Waals surface area contributed by atoms with Crippen molar-refractivity contribution in [2.24, 2.45) is 0 Å². The Morgan fingerprint density at radius 3 is 2.52 bits per heavy atom. The van der Waals surface area contributed by atoms with Crippen molar-refractivity contribution < 1.29 is 0 Å². The van der Waals surface area contributed by atoms with Crippen LogP contribution in [0.15, 0.2) is 6.07 Å². The lowest BCUT2D eigenvalue weighted by Crippen LogP contribution is -2.45. The highest BCUT2D eigenvalue weighted by Crippen LogP contribution is 2.22. The van der Waals surface area contributed by atoms with Crippen molar-refractivity contribution in [3.8, 4) is 0 Å². The summed E-state index contributed by atoms with van der Waals surface area (Å²) >= 11 is 0. The number of hydrogen-bond acceptors (Lipinski definition) is 6. The molecule has 0 radical (unpaired) electrons. The molecule has 0 atom stereocenters. The molecule has 2 aliphatic rings. The highest BCUT2D eigenvalue weighted by Gasteiger charge is 2.18. The molecule has 6 heteroatoms. The van der Waals surface area contributed by atoms with Crippen LogP contribution in [-0.2, 0) is 0 Å². The van der Waals surface area contributed by atoms with Crippen molar-refractivity contribution in [2.75, 3.05) is 49.2 Å². The lowest BCUT2D eigenvalue weighted by Gasteiger charge is -2.33. The molecule has 0 amide bonds. The van der Waals surface area contributed by atoms with Gasteiger partial charge in [-0.25, -0.2) is 0 Å². The van der Waals surface area contributed by atoms with Crippen LogP contribution in [0.5, 0.6) is 0 Å². The average molecular weight is 290 g/mol. The minimum absolute atomic E-state index is 0.501. The van der Waals surface area contributed by atoms with E-state index in [1.807, 2.05) is 6.07 Å². The molecule has 21 heavy (non-hydrogen) atoms. The van der Waals surface area contributed by atoms with Gasteiger partial charge in [-0.2, -0.15) is 9.97 Å². The molecule has 1 saturated heterocycles. The zero-order chi connectivity index (χ0) is 14.7. The number of nitrogens with two attached hydrogens (primary N) is 1. The lowest BCUT2D eigenvalue weighted by atomic mass is 9.96. The molecule has 1 aliphatic heterocycles. The van der Waals surface area contributed by atoms with Gasteiger partial charge in [-0.15, -0.1) is 0 Å². The average Bonchev–Trinajstić information content (AvgIpc) is 2.48. The molecule has 0 aromatic carbocycles. The van der Waals surface area contributed by atoms with Crippen molar-refractivity contribution in [1.82, 2.24) is 14.9 Å². The summed E-state index contributed by atoms with van der Waals surface area (Å²) in [5.41, 5.74) is 5.97. The van der Waals surface area contributed by atoms with E-state index in [1.165, 1.54) is 32.1 Å². The number of hydrogen-bond donors (Lipinski definition) is 2. The van der Waals surface area contributed by atoms with E-state index >= 15 is 0 Å². The number of aromatic nitrogens is 2. The van der Waals surface area contributed by atoms with Gasteiger partial charge in [-0.05, 0) is 19.9 Å². The standard InChI is InChI=1S/C15H26N6/c1-20-7-9-21(10-8-20)14-11-13(16)18-15(19-14)17-12-5-3-2-4-6-12/h11-12H,2-10H2,1H3,(H3,16,17,18,19). The van der Waals surface area contributed by atoms with Crippen molar-refractivity contribution >= 4 is 17.6 Å². The van der Waals surface area contributed by atoms with Crippen LogP contribution in [0.4, 0.5) is 17.6 Å². The van der Waals surface area contributed by atoms with E-state index in [-0.39, 0.29) is 0 Å². The Hall–Kier alpha value is -1.56. The number of anilines is 3. The van der Waals surface area contributed by atoms with Crippen molar-refractivity contribution in [1.29, 1.82) is 0 Å². The Bertz CT molecular complexity index is 463. The second-order valence-corrected chi connectivity index (χ2v) is 6.24. The predicted octanol–water partition coefficient (Wildman–Crippen LogP) is 1.56. The Balaban J connectivity index is 1.70. The molecule has 1 saturated carbocycles. The lowest BCUT2D eigenvalue weighted by molar-refractivity contribution is 0.312. The SMILES string of the molecule is CN1CCN(c2cc(N)nc(NC3CCCCC3)n2)CC1. The van der Waals surface area contributed by atoms with Gasteiger partial charge in [0.05, 0.1) is 0 Å². The Labute approximate surface area is 126 Å². The highest BCUT2D eigenvalue weighted by atomic mass is 15.3. The summed E-state index contributed by atoms with van der Waals surface area (Å²) in [6.07, 6.45) is 6.36. The molecule has 1 aromatic rings. The zero-order valence-electron chi connectivity index (χ0n) is 12.9. The van der Waals surface area contributed by atoms with Gasteiger partial charge < -0.3 is 20.9 Å². The van der Waals surface area contributed by atoms with Crippen molar-refractivity contribution in [2.45, 2.75) is 38.1 Å². The largest absolute Gasteiger partial charge is 0.383 e. The summed E-state index contributed by atoms with van der Waals surface area (Å²) in [6.45, 7) is 4.12. The second kappa shape index (κ2) is 6.47. The van der Waals surface area contributed by atoms with Crippen molar-refractivity contribution in [3.05, 3.63) is 6.07 Å². The molecule has 6 nitrogen and oxygen atoms in total. The smallest absolute Gasteiger partial charge is 0.226 e. The minimum atomic E-state index is 0.501. The van der Waals surface area contributed by atoms with Crippen LogP contribution >= 0.6 is 0 Å². The molecule has 3 rings (SSSR count). The number of nitrogens with zero attached hydrogens (tertiary/aromatic N) is 4. The quantitative estimate of drug-likeness (QED) is 0.880. The summed E-state index contributed by atoms with van der Waals surface area (Å²) in [6, 6.07) is 2.39. The van der Waals surface area contributed by atoms with E-state index in [1.54, 1.807) is 0 Å². The predicted molar refractivity (Wildman–Crippen MR) is 86.7 cm³/mol. The Morgan fingerprint density at radius 2 is 1.81 bits per heavy atom. The molecule has 2 heterocycles. The maximum Gasteiger partial charge on any atom is 0.226 e. The highest BCUT2D eigenvalue weighted by molar-refractivity contribution is 5.52. The summed E-state index contributed by atoms with van der Waals surface area (Å²) in [5.74, 6) is 2.20. The maximum absolute atomic E-state index is 5.97. The van der Waals surface area contributed by atoms with Gasteiger partial charge >= 0.3 is 0 Å². The number of likely N-dealkylation sites (N-methyl/N-ethyl adjacent to an activating group) is 1. The minimum Gasteiger partial charge on any atom is -0.383 e. The van der Waals surface area contributed by atoms with Gasteiger partial charge in [0.25, 0.3) is 0 Å². The van der Waals surface area contributed by atoms with Gasteiger partial charge in [0, 0.05) is 38.3 Å². The maximum atomic E-state index is 5.97. The van der Waals surface area contributed by atoms with E-state index in [2.05, 4.69) is 32.1 Å². The van der Waals surface area contributed by atoms with Crippen LogP contribution in [0.25, 0.3) is 0 Å². The fourth-order valence-electron chi connectivity index (χ4n) is 3.14. The van der Waals surface area contributed by atoms with E-state index in [4.69, 9.17) is 5.73 Å². The molecule has 0 spiro atoms. The monoisotopic (exact) mass is 290 g/mol. The van der Waals surface area contributed by atoms with Gasteiger partial charge in [0.1, 0.15) is 11.6 Å². The van der Waals surface area contributed by atoms with Crippen LogP contribution in [0.1, 0.15) is 32.1 Å². The third-order valence-corrected chi connectivity index (χ3v) is 4.50. The number of piperazine rings is 1. The first-order valence-corrected chi connectivity index (χ1v) is 8.05. The van der Waals surface area contributed by atoms with Crippen LogP contribution in [0, 0.1) is 0 Å². The zero-order valence-corrected chi connectivity index (χ0v) is 12.9. The van der Waals surface area contributed by atoms with Crippen LogP contribution in [0.2, 0.25) is 0 Å². The second-order valence-electron chi connectivity index (χ2n) is 6.24. The topological polar surface area (TPSA) is 70.3 Å².